The van der Waals surface area contributed by atoms with Gasteiger partial charge in [-0.2, -0.15) is 4.31 Å². The van der Waals surface area contributed by atoms with Crippen molar-refractivity contribution in [3.05, 3.63) is 29.8 Å². The Balaban J connectivity index is 1.98. The molecule has 0 radical (unpaired) electrons. The molecule has 1 aromatic rings. The van der Waals surface area contributed by atoms with Crippen molar-refractivity contribution in [1.82, 2.24) is 14.5 Å². The Kier molecular flexibility index (Phi) is 7.13. The first kappa shape index (κ1) is 20.3. The van der Waals surface area contributed by atoms with Crippen LogP contribution in [0.3, 0.4) is 0 Å². The van der Waals surface area contributed by atoms with Gasteiger partial charge in [0.05, 0.1) is 4.90 Å². The fourth-order valence-electron chi connectivity index (χ4n) is 2.74. The molecular formula is C17H26N4O4S. The molecule has 0 aromatic heterocycles. The third-order valence-corrected chi connectivity index (χ3v) is 6.27. The molecule has 1 aliphatic heterocycles. The van der Waals surface area contributed by atoms with E-state index in [0.29, 0.717) is 31.7 Å². The van der Waals surface area contributed by atoms with Gasteiger partial charge in [-0.15, -0.1) is 0 Å². The van der Waals surface area contributed by atoms with Crippen molar-refractivity contribution in [3.8, 4) is 0 Å². The summed E-state index contributed by atoms with van der Waals surface area (Å²) in [7, 11) is -3.63. The lowest BCUT2D eigenvalue weighted by molar-refractivity contribution is -0.129. The van der Waals surface area contributed by atoms with Gasteiger partial charge in [0.15, 0.2) is 0 Å². The first-order valence-electron chi connectivity index (χ1n) is 8.70. The quantitative estimate of drug-likeness (QED) is 0.645. The standard InChI is InChI=1S/C17H26N4O4S/c1-14(22)20-10-12-21(13-11-20)26(24,25)16-6-4-15(5-7-16)17(23)19-9-3-2-8-18/h4-7H,2-3,8-13,18H2,1H3,(H,19,23). The van der Waals surface area contributed by atoms with Gasteiger partial charge in [-0.25, -0.2) is 8.42 Å². The molecule has 0 aliphatic carbocycles. The second kappa shape index (κ2) is 9.11. The minimum atomic E-state index is -3.63. The molecule has 1 heterocycles. The molecule has 2 rings (SSSR count). The molecule has 26 heavy (non-hydrogen) atoms. The zero-order valence-electron chi connectivity index (χ0n) is 15.0. The largest absolute Gasteiger partial charge is 0.352 e. The molecule has 0 bridgehead atoms. The molecule has 1 saturated heterocycles. The van der Waals surface area contributed by atoms with E-state index in [0.717, 1.165) is 12.8 Å². The summed E-state index contributed by atoms with van der Waals surface area (Å²) in [5, 5.41) is 2.78. The summed E-state index contributed by atoms with van der Waals surface area (Å²) in [5.74, 6) is -0.287. The van der Waals surface area contributed by atoms with Crippen molar-refractivity contribution in [2.75, 3.05) is 39.3 Å². The van der Waals surface area contributed by atoms with Crippen LogP contribution < -0.4 is 11.1 Å². The maximum absolute atomic E-state index is 12.7. The first-order chi connectivity index (χ1) is 12.4. The van der Waals surface area contributed by atoms with Crippen molar-refractivity contribution < 1.29 is 18.0 Å². The highest BCUT2D eigenvalue weighted by atomic mass is 32.2. The number of nitrogens with one attached hydrogen (secondary N) is 1. The highest BCUT2D eigenvalue weighted by Gasteiger charge is 2.29. The van der Waals surface area contributed by atoms with E-state index in [1.165, 1.54) is 35.5 Å². The minimum absolute atomic E-state index is 0.0520. The SMILES string of the molecule is CC(=O)N1CCN(S(=O)(=O)c2ccc(C(=O)NCCCCN)cc2)CC1. The van der Waals surface area contributed by atoms with Crippen molar-refractivity contribution in [2.24, 2.45) is 5.73 Å². The smallest absolute Gasteiger partial charge is 0.251 e. The normalized spacial score (nSPS) is 15.7. The molecule has 1 fully saturated rings. The Morgan fingerprint density at radius 1 is 1.08 bits per heavy atom. The number of nitrogens with zero attached hydrogens (tertiary/aromatic N) is 2. The molecule has 2 amide bonds. The van der Waals surface area contributed by atoms with Crippen molar-refractivity contribution in [1.29, 1.82) is 0 Å². The van der Waals surface area contributed by atoms with Crippen LogP contribution in [0.4, 0.5) is 0 Å². The molecule has 8 nitrogen and oxygen atoms in total. The number of piperazine rings is 1. The number of unbranched alkanes of at least 4 members (excludes halogenated alkanes) is 1. The number of nitrogens with two attached hydrogens (primary N) is 1. The van der Waals surface area contributed by atoms with E-state index >= 15 is 0 Å². The van der Waals surface area contributed by atoms with Crippen LogP contribution in [0.1, 0.15) is 30.1 Å². The molecule has 3 N–H and O–H groups in total. The van der Waals surface area contributed by atoms with E-state index < -0.39 is 10.0 Å². The summed E-state index contributed by atoms with van der Waals surface area (Å²) >= 11 is 0. The molecule has 0 spiro atoms. The van der Waals surface area contributed by atoms with Gasteiger partial charge < -0.3 is 16.0 Å². The van der Waals surface area contributed by atoms with Gasteiger partial charge in [-0.3, -0.25) is 9.59 Å². The summed E-state index contributed by atoms with van der Waals surface area (Å²) in [6, 6.07) is 5.91. The summed E-state index contributed by atoms with van der Waals surface area (Å²) in [6.45, 7) is 3.91. The van der Waals surface area contributed by atoms with E-state index in [2.05, 4.69) is 5.32 Å². The molecule has 9 heteroatoms. The molecule has 0 atom stereocenters. The van der Waals surface area contributed by atoms with E-state index in [1.54, 1.807) is 4.90 Å². The number of carbonyl (C=O) groups is 2. The zero-order valence-corrected chi connectivity index (χ0v) is 15.8. The van der Waals surface area contributed by atoms with E-state index in [9.17, 15) is 18.0 Å². The lowest BCUT2D eigenvalue weighted by atomic mass is 10.2. The summed E-state index contributed by atoms with van der Waals surface area (Å²) in [6.07, 6.45) is 1.65. The predicted octanol–water partition coefficient (Wildman–Crippen LogP) is 0.00810. The molecule has 1 aliphatic rings. The Morgan fingerprint density at radius 2 is 1.69 bits per heavy atom. The topological polar surface area (TPSA) is 113 Å². The highest BCUT2D eigenvalue weighted by Crippen LogP contribution is 2.18. The van der Waals surface area contributed by atoms with Gasteiger partial charge in [0.25, 0.3) is 5.91 Å². The first-order valence-corrected chi connectivity index (χ1v) is 10.1. The minimum Gasteiger partial charge on any atom is -0.352 e. The van der Waals surface area contributed by atoms with Crippen molar-refractivity contribution >= 4 is 21.8 Å². The van der Waals surface area contributed by atoms with Gasteiger partial charge in [-0.1, -0.05) is 0 Å². The fraction of sp³-hybridized carbons (Fsp3) is 0.529. The van der Waals surface area contributed by atoms with Crippen LogP contribution in [0.2, 0.25) is 0 Å². The lowest BCUT2D eigenvalue weighted by Gasteiger charge is -2.33. The average molecular weight is 382 g/mol. The second-order valence-electron chi connectivity index (χ2n) is 6.19. The maximum atomic E-state index is 12.7. The highest BCUT2D eigenvalue weighted by molar-refractivity contribution is 7.89. The van der Waals surface area contributed by atoms with E-state index in [1.807, 2.05) is 0 Å². The fourth-order valence-corrected chi connectivity index (χ4v) is 4.17. The molecule has 0 unspecified atom stereocenters. The Labute approximate surface area is 154 Å². The third kappa shape index (κ3) is 5.03. The number of rotatable bonds is 7. The van der Waals surface area contributed by atoms with Crippen LogP contribution in [0.25, 0.3) is 0 Å². The number of sulfonamides is 1. The van der Waals surface area contributed by atoms with Crippen LogP contribution >= 0.6 is 0 Å². The lowest BCUT2D eigenvalue weighted by Crippen LogP contribution is -2.49. The van der Waals surface area contributed by atoms with Crippen LogP contribution in [-0.2, 0) is 14.8 Å². The van der Waals surface area contributed by atoms with E-state index in [4.69, 9.17) is 5.73 Å². The summed E-state index contributed by atoms with van der Waals surface area (Å²) < 4.78 is 26.8. The predicted molar refractivity (Wildman–Crippen MR) is 98.1 cm³/mol. The summed E-state index contributed by atoms with van der Waals surface area (Å²) in [4.78, 5) is 25.2. The number of hydrogen-bond acceptors (Lipinski definition) is 5. The number of amides is 2. The molecular weight excluding hydrogens is 356 g/mol. The Hall–Kier alpha value is -1.97. The van der Waals surface area contributed by atoms with Gasteiger partial charge in [-0.05, 0) is 43.7 Å². The molecule has 0 saturated carbocycles. The number of carbonyl (C=O) groups excluding carboxylic acids is 2. The monoisotopic (exact) mass is 382 g/mol. The van der Waals surface area contributed by atoms with Crippen molar-refractivity contribution in [2.45, 2.75) is 24.7 Å². The number of benzene rings is 1. The average Bonchev–Trinajstić information content (AvgIpc) is 2.65. The Bertz CT molecular complexity index is 726. The molecule has 1 aromatic carbocycles. The third-order valence-electron chi connectivity index (χ3n) is 4.35. The van der Waals surface area contributed by atoms with Crippen LogP contribution in [0.15, 0.2) is 29.2 Å². The van der Waals surface area contributed by atoms with Gasteiger partial charge in [0.2, 0.25) is 15.9 Å². The van der Waals surface area contributed by atoms with Crippen LogP contribution in [0.5, 0.6) is 0 Å². The van der Waals surface area contributed by atoms with Gasteiger partial charge in [0, 0.05) is 45.2 Å². The molecule has 144 valence electrons. The van der Waals surface area contributed by atoms with Crippen LogP contribution in [-0.4, -0.2) is 68.7 Å². The number of hydrogen-bond donors (Lipinski definition) is 2. The maximum Gasteiger partial charge on any atom is 0.251 e. The van der Waals surface area contributed by atoms with E-state index in [-0.39, 0.29) is 29.8 Å². The second-order valence-corrected chi connectivity index (χ2v) is 8.12. The van der Waals surface area contributed by atoms with Crippen molar-refractivity contribution in [3.63, 3.8) is 0 Å². The zero-order chi connectivity index (χ0) is 19.2. The Morgan fingerprint density at radius 3 is 2.23 bits per heavy atom. The van der Waals surface area contributed by atoms with Gasteiger partial charge in [0.1, 0.15) is 0 Å². The van der Waals surface area contributed by atoms with Gasteiger partial charge >= 0.3 is 0 Å². The van der Waals surface area contributed by atoms with Crippen LogP contribution in [0, 0.1) is 0 Å². The summed E-state index contributed by atoms with van der Waals surface area (Å²) in [5.41, 5.74) is 5.82.